The summed E-state index contributed by atoms with van der Waals surface area (Å²) < 4.78 is 18.9. The number of hydrogen-bond donors (Lipinski definition) is 0. The van der Waals surface area contributed by atoms with Gasteiger partial charge < -0.3 is 0 Å². The van der Waals surface area contributed by atoms with Gasteiger partial charge >= 0.3 is 224 Å². The minimum absolute atomic E-state index is 0.0875. The molecule has 0 heterocycles. The molecule has 0 spiro atoms. The van der Waals surface area contributed by atoms with Crippen LogP contribution in [0.3, 0.4) is 0 Å². The Balaban J connectivity index is 3.70. The molecule has 0 bridgehead atoms. The van der Waals surface area contributed by atoms with E-state index in [2.05, 4.69) is 36.8 Å². The van der Waals surface area contributed by atoms with Gasteiger partial charge in [-0.25, -0.2) is 0 Å². The summed E-state index contributed by atoms with van der Waals surface area (Å²) in [5.41, 5.74) is -1.71. The normalized spacial score (nSPS) is 13.6. The van der Waals surface area contributed by atoms with Gasteiger partial charge in [-0.1, -0.05) is 0 Å². The van der Waals surface area contributed by atoms with Crippen LogP contribution < -0.4 is 3.58 Å². The van der Waals surface area contributed by atoms with Crippen LogP contribution in [0.5, 0.6) is 0 Å². The van der Waals surface area contributed by atoms with E-state index in [0.717, 1.165) is 14.9 Å². The van der Waals surface area contributed by atoms with Crippen LogP contribution in [-0.4, -0.2) is 64.3 Å². The molecular weight excluding hydrogens is 621 g/mol. The molecule has 0 radical (unpaired) electrons. The summed E-state index contributed by atoms with van der Waals surface area (Å²) in [5, 5.41) is 0. The predicted molar refractivity (Wildman–Crippen MR) is 145 cm³/mol. The molecule has 1 aromatic carbocycles. The number of amides is 2. The quantitative estimate of drug-likeness (QED) is 0.206. The molecule has 1 rings (SSSR count). The maximum absolute atomic E-state index is 13.5. The summed E-state index contributed by atoms with van der Waals surface area (Å²) in [7, 11) is 0. The van der Waals surface area contributed by atoms with E-state index in [-0.39, 0.29) is 6.42 Å². The molecule has 0 N–H and O–H groups in total. The number of carbonyl (C=O) groups is 3. The van der Waals surface area contributed by atoms with E-state index in [0.29, 0.717) is 0 Å². The molecule has 0 aliphatic carbocycles. The first kappa shape index (κ1) is 31.7. The molecule has 1 aromatic rings. The molecule has 2 amide bonds. The van der Waals surface area contributed by atoms with Gasteiger partial charge in [0.1, 0.15) is 0 Å². The van der Waals surface area contributed by atoms with Crippen LogP contribution in [0.15, 0.2) is 22.7 Å². The van der Waals surface area contributed by atoms with Gasteiger partial charge in [-0.3, -0.25) is 0 Å². The van der Waals surface area contributed by atoms with Crippen molar-refractivity contribution in [3.05, 3.63) is 28.2 Å². The summed E-state index contributed by atoms with van der Waals surface area (Å²) in [4.78, 5) is 47.7. The van der Waals surface area contributed by atoms with E-state index in [1.807, 2.05) is 12.1 Å². The van der Waals surface area contributed by atoms with Crippen molar-refractivity contribution in [2.45, 2.75) is 106 Å². The second-order valence-electron chi connectivity index (χ2n) is 12.6. The van der Waals surface area contributed by atoms with Gasteiger partial charge in [0.2, 0.25) is 0 Å². The number of imide groups is 1. The number of hydrogen-bond acceptors (Lipinski definition) is 6. The summed E-state index contributed by atoms with van der Waals surface area (Å²) in [6.07, 6.45) is -1.83. The Labute approximate surface area is 223 Å². The summed E-state index contributed by atoms with van der Waals surface area (Å²) in [6, 6.07) is 4.63. The summed E-state index contributed by atoms with van der Waals surface area (Å²) in [5.74, 6) is -0.702. The average Bonchev–Trinajstić information content (AvgIpc) is 2.56. The van der Waals surface area contributed by atoms with Crippen molar-refractivity contribution in [3.8, 4) is 0 Å². The summed E-state index contributed by atoms with van der Waals surface area (Å²) in [6.45, 7) is 15.4. The number of ether oxygens (including phenoxy) is 3. The third kappa shape index (κ3) is 11.1. The van der Waals surface area contributed by atoms with Gasteiger partial charge in [0.25, 0.3) is 0 Å². The van der Waals surface area contributed by atoms with E-state index in [9.17, 15) is 14.4 Å². The van der Waals surface area contributed by atoms with Crippen LogP contribution in [0.25, 0.3) is 0 Å². The van der Waals surface area contributed by atoms with Gasteiger partial charge in [0, 0.05) is 0 Å². The Kier molecular flexibility index (Phi) is 10.3. The first-order chi connectivity index (χ1) is 15.5. The molecule has 0 saturated heterocycles. The van der Waals surface area contributed by atoms with Crippen LogP contribution >= 0.6 is 15.9 Å². The van der Waals surface area contributed by atoms with Crippen molar-refractivity contribution in [1.29, 1.82) is 0 Å². The maximum atomic E-state index is 13.5. The van der Waals surface area contributed by atoms with Crippen LogP contribution in [0.4, 0.5) is 9.59 Å². The Bertz CT molecular complexity index is 907. The number of carbonyl (C=O) groups excluding carboxylic acids is 3. The number of benzene rings is 1. The molecule has 198 valence electrons. The zero-order valence-corrected chi connectivity index (χ0v) is 27.7. The van der Waals surface area contributed by atoms with Crippen molar-refractivity contribution in [1.82, 2.24) is 4.90 Å². The Morgan fingerprint density at radius 1 is 0.829 bits per heavy atom. The van der Waals surface area contributed by atoms with Gasteiger partial charge in [-0.05, 0) is 0 Å². The zero-order valence-electron chi connectivity index (χ0n) is 23.3. The molecule has 35 heavy (non-hydrogen) atoms. The molecule has 7 nitrogen and oxygen atoms in total. The molecular formula is C26H42BrNO6Sn. The minimum atomic E-state index is -2.67. The van der Waals surface area contributed by atoms with Crippen molar-refractivity contribution in [2.75, 3.05) is 0 Å². The molecule has 0 fully saturated rings. The van der Waals surface area contributed by atoms with Crippen molar-refractivity contribution >= 4 is 56.0 Å². The molecule has 1 unspecified atom stereocenters. The number of rotatable bonds is 5. The van der Waals surface area contributed by atoms with E-state index < -0.39 is 59.4 Å². The first-order valence-electron chi connectivity index (χ1n) is 11.8. The van der Waals surface area contributed by atoms with Gasteiger partial charge in [-0.15, -0.1) is 0 Å². The first-order valence-corrected chi connectivity index (χ1v) is 22.6. The van der Waals surface area contributed by atoms with Gasteiger partial charge in [-0.2, -0.15) is 0 Å². The van der Waals surface area contributed by atoms with E-state index in [4.69, 9.17) is 14.2 Å². The number of nitrogens with zero attached hydrogens (tertiary/aromatic N) is 1. The fourth-order valence-electron chi connectivity index (χ4n) is 3.23. The standard InChI is InChI=1S/C23H33BrNO6.3CH3.Sn/c1-21(2,3)29-18(26)17(14-15-10-12-16(24)13-11-15)25(19(27)30-22(4,5)6)20(28)31-23(7,8)9;;;;/h10,12-13,17H,14H2,1-9H3;3*1H3;. The topological polar surface area (TPSA) is 82.1 Å². The Hall–Kier alpha value is -1.29. The average molecular weight is 663 g/mol. The van der Waals surface area contributed by atoms with Crippen molar-refractivity contribution in [3.63, 3.8) is 0 Å². The van der Waals surface area contributed by atoms with Crippen molar-refractivity contribution in [2.24, 2.45) is 0 Å². The molecule has 0 saturated carbocycles. The van der Waals surface area contributed by atoms with E-state index in [1.165, 1.54) is 3.58 Å². The Morgan fingerprint density at radius 2 is 1.26 bits per heavy atom. The number of esters is 1. The Morgan fingerprint density at radius 3 is 1.63 bits per heavy atom. The van der Waals surface area contributed by atoms with Gasteiger partial charge in [0.05, 0.1) is 0 Å². The van der Waals surface area contributed by atoms with Crippen LogP contribution in [0, 0.1) is 0 Å². The van der Waals surface area contributed by atoms with E-state index >= 15 is 0 Å². The van der Waals surface area contributed by atoms with Crippen LogP contribution in [-0.2, 0) is 25.4 Å². The third-order valence-electron chi connectivity index (χ3n) is 4.46. The molecule has 9 heteroatoms. The van der Waals surface area contributed by atoms with Crippen LogP contribution in [0.2, 0.25) is 14.8 Å². The molecule has 1 atom stereocenters. The molecule has 0 aromatic heterocycles. The third-order valence-corrected chi connectivity index (χ3v) is 10.9. The van der Waals surface area contributed by atoms with Crippen molar-refractivity contribution < 1.29 is 28.6 Å². The second-order valence-corrected chi connectivity index (χ2v) is 27.9. The fraction of sp³-hybridized carbons (Fsp3) is 0.654. The van der Waals surface area contributed by atoms with Gasteiger partial charge in [0.15, 0.2) is 0 Å². The molecule has 0 aliphatic rings. The second kappa shape index (κ2) is 11.4. The predicted octanol–water partition coefficient (Wildman–Crippen LogP) is 6.42. The molecule has 0 aliphatic heterocycles. The number of halogens is 1. The fourth-order valence-corrected chi connectivity index (χ4v) is 9.16. The SMILES string of the molecule is CC(C)(C)OC(=O)C(Cc1ccc(Br)c[c]1[Sn]([CH3])([CH3])[CH3])N(C(=O)OC(C)(C)C)C(=O)OC(C)(C)C. The monoisotopic (exact) mass is 663 g/mol. The zero-order chi connectivity index (χ0) is 27.6. The summed E-state index contributed by atoms with van der Waals surface area (Å²) >= 11 is 0.877. The van der Waals surface area contributed by atoms with Crippen LogP contribution in [0.1, 0.15) is 67.9 Å². The van der Waals surface area contributed by atoms with E-state index in [1.54, 1.807) is 62.3 Å².